The molecule has 3 amide bonds. The van der Waals surface area contributed by atoms with Crippen LogP contribution in [0.15, 0.2) is 24.3 Å². The second kappa shape index (κ2) is 8.03. The molecular formula is C16H19F3N2O3. The van der Waals surface area contributed by atoms with Crippen molar-refractivity contribution in [1.82, 2.24) is 10.6 Å². The Labute approximate surface area is 137 Å². The number of imide groups is 1. The van der Waals surface area contributed by atoms with Gasteiger partial charge in [-0.05, 0) is 37.1 Å². The first kappa shape index (κ1) is 18.1. The van der Waals surface area contributed by atoms with E-state index in [9.17, 15) is 22.8 Å². The van der Waals surface area contributed by atoms with Crippen LogP contribution in [0.25, 0.3) is 0 Å². The van der Waals surface area contributed by atoms with Crippen LogP contribution in [0.1, 0.15) is 37.7 Å². The molecule has 0 heterocycles. The highest BCUT2D eigenvalue weighted by Crippen LogP contribution is 2.30. The number of hydrogen-bond donors (Lipinski definition) is 2. The van der Waals surface area contributed by atoms with Crippen molar-refractivity contribution in [2.45, 2.75) is 44.3 Å². The maximum atomic E-state index is 12.4. The molecule has 0 aromatic heterocycles. The molecule has 2 rings (SSSR count). The van der Waals surface area contributed by atoms with Gasteiger partial charge in [0.05, 0.1) is 5.56 Å². The number of amides is 3. The van der Waals surface area contributed by atoms with Crippen LogP contribution in [0.2, 0.25) is 0 Å². The van der Waals surface area contributed by atoms with Gasteiger partial charge in [0.2, 0.25) is 0 Å². The topological polar surface area (TPSA) is 67.4 Å². The second-order valence-corrected chi connectivity index (χ2v) is 5.67. The average molecular weight is 344 g/mol. The van der Waals surface area contributed by atoms with Crippen molar-refractivity contribution in [3.8, 4) is 5.75 Å². The number of urea groups is 1. The quantitative estimate of drug-likeness (QED) is 0.881. The summed E-state index contributed by atoms with van der Waals surface area (Å²) in [5.41, 5.74) is -0.800. The van der Waals surface area contributed by atoms with E-state index >= 15 is 0 Å². The predicted octanol–water partition coefficient (Wildman–Crippen LogP) is 3.24. The molecule has 1 aromatic rings. The van der Waals surface area contributed by atoms with Crippen LogP contribution in [-0.4, -0.2) is 24.6 Å². The van der Waals surface area contributed by atoms with Gasteiger partial charge in [0.25, 0.3) is 5.91 Å². The van der Waals surface area contributed by atoms with E-state index in [-0.39, 0.29) is 11.8 Å². The fourth-order valence-corrected chi connectivity index (χ4v) is 2.52. The molecule has 8 heteroatoms. The zero-order chi connectivity index (χ0) is 17.6. The third-order valence-corrected chi connectivity index (χ3v) is 3.74. The van der Waals surface area contributed by atoms with E-state index in [0.29, 0.717) is 0 Å². The molecule has 132 valence electrons. The predicted molar refractivity (Wildman–Crippen MR) is 80.5 cm³/mol. The van der Waals surface area contributed by atoms with E-state index in [1.165, 1.54) is 0 Å². The first-order valence-corrected chi connectivity index (χ1v) is 7.75. The van der Waals surface area contributed by atoms with Crippen LogP contribution >= 0.6 is 0 Å². The lowest BCUT2D eigenvalue weighted by Crippen LogP contribution is -2.46. The van der Waals surface area contributed by atoms with Crippen molar-refractivity contribution in [2.75, 3.05) is 6.61 Å². The number of nitrogens with one attached hydrogen (secondary N) is 2. The van der Waals surface area contributed by atoms with Gasteiger partial charge < -0.3 is 10.1 Å². The highest BCUT2D eigenvalue weighted by atomic mass is 19.4. The molecule has 1 fully saturated rings. The maximum Gasteiger partial charge on any atom is 0.416 e. The molecule has 0 atom stereocenters. The van der Waals surface area contributed by atoms with Gasteiger partial charge in [-0.25, -0.2) is 4.79 Å². The van der Waals surface area contributed by atoms with E-state index in [4.69, 9.17) is 4.74 Å². The van der Waals surface area contributed by atoms with E-state index < -0.39 is 30.3 Å². The Morgan fingerprint density at radius 3 is 2.29 bits per heavy atom. The van der Waals surface area contributed by atoms with Gasteiger partial charge in [-0.2, -0.15) is 13.2 Å². The lowest BCUT2D eigenvalue weighted by molar-refractivity contribution is -0.137. The molecule has 1 aliphatic carbocycles. The minimum Gasteiger partial charge on any atom is -0.484 e. The first-order chi connectivity index (χ1) is 11.3. The number of carbonyl (C=O) groups is 2. The Morgan fingerprint density at radius 1 is 1.08 bits per heavy atom. The zero-order valence-electron chi connectivity index (χ0n) is 13.0. The molecule has 0 spiro atoms. The van der Waals surface area contributed by atoms with Gasteiger partial charge in [-0.1, -0.05) is 19.3 Å². The summed E-state index contributed by atoms with van der Waals surface area (Å²) >= 11 is 0. The van der Waals surface area contributed by atoms with Crippen molar-refractivity contribution in [1.29, 1.82) is 0 Å². The summed E-state index contributed by atoms with van der Waals surface area (Å²) in [5, 5.41) is 4.86. The summed E-state index contributed by atoms with van der Waals surface area (Å²) in [5.74, 6) is -0.547. The van der Waals surface area contributed by atoms with Crippen LogP contribution in [0.3, 0.4) is 0 Å². The number of rotatable bonds is 4. The Balaban J connectivity index is 1.73. The fourth-order valence-electron chi connectivity index (χ4n) is 2.52. The minimum atomic E-state index is -4.42. The third kappa shape index (κ3) is 5.75. The Bertz CT molecular complexity index is 567. The van der Waals surface area contributed by atoms with Crippen LogP contribution in [0.4, 0.5) is 18.0 Å². The smallest absolute Gasteiger partial charge is 0.416 e. The van der Waals surface area contributed by atoms with E-state index in [2.05, 4.69) is 10.6 Å². The molecule has 0 bridgehead atoms. The lowest BCUT2D eigenvalue weighted by Gasteiger charge is -2.22. The molecule has 0 unspecified atom stereocenters. The van der Waals surface area contributed by atoms with Crippen molar-refractivity contribution in [3.05, 3.63) is 29.8 Å². The van der Waals surface area contributed by atoms with Crippen molar-refractivity contribution < 1.29 is 27.5 Å². The van der Waals surface area contributed by atoms with Crippen LogP contribution in [0.5, 0.6) is 5.75 Å². The summed E-state index contributed by atoms with van der Waals surface area (Å²) in [6.45, 7) is -0.455. The van der Waals surface area contributed by atoms with Gasteiger partial charge in [0, 0.05) is 6.04 Å². The van der Waals surface area contributed by atoms with Gasteiger partial charge in [0.15, 0.2) is 6.61 Å². The van der Waals surface area contributed by atoms with Gasteiger partial charge in [-0.3, -0.25) is 10.1 Å². The minimum absolute atomic E-state index is 0.0716. The summed E-state index contributed by atoms with van der Waals surface area (Å²) in [6, 6.07) is 3.47. The van der Waals surface area contributed by atoms with Crippen LogP contribution < -0.4 is 15.4 Å². The van der Waals surface area contributed by atoms with Gasteiger partial charge >= 0.3 is 12.2 Å². The van der Waals surface area contributed by atoms with E-state index in [1.54, 1.807) is 0 Å². The lowest BCUT2D eigenvalue weighted by atomic mass is 9.96. The highest BCUT2D eigenvalue weighted by Gasteiger charge is 2.30. The number of benzene rings is 1. The Hall–Kier alpha value is -2.25. The fraction of sp³-hybridized carbons (Fsp3) is 0.500. The molecule has 24 heavy (non-hydrogen) atoms. The molecule has 0 radical (unpaired) electrons. The Kier molecular flexibility index (Phi) is 6.05. The van der Waals surface area contributed by atoms with Gasteiger partial charge in [-0.15, -0.1) is 0 Å². The molecule has 1 saturated carbocycles. The summed E-state index contributed by atoms with van der Waals surface area (Å²) in [7, 11) is 0. The highest BCUT2D eigenvalue weighted by molar-refractivity contribution is 5.95. The number of ether oxygens (including phenoxy) is 1. The molecule has 0 aliphatic heterocycles. The number of hydrogen-bond acceptors (Lipinski definition) is 3. The summed E-state index contributed by atoms with van der Waals surface area (Å²) in [6.07, 6.45) is 0.617. The number of alkyl halides is 3. The monoisotopic (exact) mass is 344 g/mol. The third-order valence-electron chi connectivity index (χ3n) is 3.74. The number of carbonyl (C=O) groups excluding carboxylic acids is 2. The normalized spacial score (nSPS) is 15.6. The van der Waals surface area contributed by atoms with Crippen molar-refractivity contribution in [2.24, 2.45) is 0 Å². The summed E-state index contributed by atoms with van der Waals surface area (Å²) in [4.78, 5) is 23.3. The number of halogens is 3. The van der Waals surface area contributed by atoms with E-state index in [1.807, 2.05) is 0 Å². The van der Waals surface area contributed by atoms with Crippen molar-refractivity contribution in [3.63, 3.8) is 0 Å². The van der Waals surface area contributed by atoms with E-state index in [0.717, 1.165) is 56.4 Å². The first-order valence-electron chi connectivity index (χ1n) is 7.75. The summed E-state index contributed by atoms with van der Waals surface area (Å²) < 4.78 is 42.3. The Morgan fingerprint density at radius 2 is 1.71 bits per heavy atom. The van der Waals surface area contributed by atoms with Gasteiger partial charge in [0.1, 0.15) is 5.75 Å². The molecular weight excluding hydrogens is 325 g/mol. The van der Waals surface area contributed by atoms with Crippen molar-refractivity contribution >= 4 is 11.9 Å². The van der Waals surface area contributed by atoms with Crippen LogP contribution in [-0.2, 0) is 11.0 Å². The standard InChI is InChI=1S/C16H19F3N2O3/c17-16(18,19)11-6-8-13(9-7-11)24-10-14(22)21-15(23)20-12-4-2-1-3-5-12/h6-9,12H,1-5,10H2,(H2,20,21,22,23). The molecule has 2 N–H and O–H groups in total. The molecule has 1 aromatic carbocycles. The average Bonchev–Trinajstić information content (AvgIpc) is 2.53. The maximum absolute atomic E-state index is 12.4. The SMILES string of the molecule is O=C(COc1ccc(C(F)(F)F)cc1)NC(=O)NC1CCCCC1. The zero-order valence-corrected chi connectivity index (χ0v) is 13.0. The van der Waals surface area contributed by atoms with Crippen LogP contribution in [0, 0.1) is 0 Å². The second-order valence-electron chi connectivity index (χ2n) is 5.67. The molecule has 0 saturated heterocycles. The molecule has 1 aliphatic rings. The molecule has 5 nitrogen and oxygen atoms in total. The largest absolute Gasteiger partial charge is 0.484 e.